The average Bonchev–Trinajstić information content (AvgIpc) is 2.87. The molecule has 4 rings (SSSR count). The summed E-state index contributed by atoms with van der Waals surface area (Å²) < 4.78 is 10.9. The molecule has 5 heteroatoms. The lowest BCUT2D eigenvalue weighted by molar-refractivity contribution is 0.175. The number of fused-ring (bicyclic) bond motifs is 1. The molecule has 0 saturated heterocycles. The average molecular weight is 459 g/mol. The summed E-state index contributed by atoms with van der Waals surface area (Å²) in [6.07, 6.45) is 3.04. The van der Waals surface area contributed by atoms with Crippen LogP contribution in [-0.2, 0) is 13.0 Å². The molecule has 1 unspecified atom stereocenters. The maximum Gasteiger partial charge on any atom is 0.322 e. The first-order chi connectivity index (χ1) is 16.5. The van der Waals surface area contributed by atoms with Crippen molar-refractivity contribution in [3.8, 4) is 11.5 Å². The number of carbonyl (C=O) groups is 1. The Bertz CT molecular complexity index is 1120. The number of anilines is 1. The van der Waals surface area contributed by atoms with Crippen LogP contribution in [0.15, 0.2) is 66.7 Å². The fourth-order valence-electron chi connectivity index (χ4n) is 4.70. The summed E-state index contributed by atoms with van der Waals surface area (Å²) in [5, 5.41) is 3.14. The van der Waals surface area contributed by atoms with Crippen molar-refractivity contribution in [2.24, 2.45) is 0 Å². The van der Waals surface area contributed by atoms with Gasteiger partial charge in [-0.3, -0.25) is 0 Å². The summed E-state index contributed by atoms with van der Waals surface area (Å²) >= 11 is 0. The highest BCUT2D eigenvalue weighted by molar-refractivity contribution is 5.89. The SMILES string of the molecule is COc1ccc(CN(C(=O)Nc2ccc(C(C)C)cc2)C2CCCc3ccccc32)cc1OC. The number of carbonyl (C=O) groups excluding carboxylic acids is 1. The second kappa shape index (κ2) is 10.6. The molecule has 1 aliphatic rings. The number of benzene rings is 3. The molecule has 0 spiro atoms. The van der Waals surface area contributed by atoms with Crippen molar-refractivity contribution in [3.05, 3.63) is 89.0 Å². The van der Waals surface area contributed by atoms with Gasteiger partial charge >= 0.3 is 6.03 Å². The van der Waals surface area contributed by atoms with E-state index in [4.69, 9.17) is 9.47 Å². The molecule has 0 saturated carbocycles. The van der Waals surface area contributed by atoms with Gasteiger partial charge in [0.05, 0.1) is 20.3 Å². The number of amides is 2. The van der Waals surface area contributed by atoms with E-state index in [9.17, 15) is 4.79 Å². The summed E-state index contributed by atoms with van der Waals surface area (Å²) in [5.41, 5.74) is 5.60. The lowest BCUT2D eigenvalue weighted by Gasteiger charge is -2.36. The van der Waals surface area contributed by atoms with E-state index in [0.29, 0.717) is 24.0 Å². The van der Waals surface area contributed by atoms with Crippen LogP contribution in [0.4, 0.5) is 10.5 Å². The number of ether oxygens (including phenoxy) is 2. The van der Waals surface area contributed by atoms with Crippen LogP contribution in [0.25, 0.3) is 0 Å². The van der Waals surface area contributed by atoms with Gasteiger partial charge in [-0.15, -0.1) is 0 Å². The Morgan fingerprint density at radius 3 is 2.44 bits per heavy atom. The highest BCUT2D eigenvalue weighted by Crippen LogP contribution is 2.36. The zero-order valence-electron chi connectivity index (χ0n) is 20.5. The zero-order valence-corrected chi connectivity index (χ0v) is 20.5. The number of hydrogen-bond donors (Lipinski definition) is 1. The molecule has 3 aromatic rings. The molecule has 1 N–H and O–H groups in total. The van der Waals surface area contributed by atoms with Gasteiger partial charge in [0.25, 0.3) is 0 Å². The normalized spacial score (nSPS) is 14.9. The number of hydrogen-bond acceptors (Lipinski definition) is 3. The van der Waals surface area contributed by atoms with Crippen molar-refractivity contribution in [2.45, 2.75) is 51.6 Å². The van der Waals surface area contributed by atoms with Crippen molar-refractivity contribution >= 4 is 11.7 Å². The number of nitrogens with one attached hydrogen (secondary N) is 1. The summed E-state index contributed by atoms with van der Waals surface area (Å²) in [6, 6.07) is 22.3. The van der Waals surface area contributed by atoms with Crippen molar-refractivity contribution in [1.29, 1.82) is 0 Å². The van der Waals surface area contributed by atoms with Crippen LogP contribution in [0, 0.1) is 0 Å². The second-order valence-corrected chi connectivity index (χ2v) is 9.13. The van der Waals surface area contributed by atoms with Gasteiger partial charge in [-0.1, -0.05) is 56.3 Å². The third kappa shape index (κ3) is 5.19. The topological polar surface area (TPSA) is 50.8 Å². The molecule has 0 heterocycles. The van der Waals surface area contributed by atoms with Gasteiger partial charge in [0.2, 0.25) is 0 Å². The van der Waals surface area contributed by atoms with E-state index in [-0.39, 0.29) is 12.1 Å². The summed E-state index contributed by atoms with van der Waals surface area (Å²) in [7, 11) is 3.26. The standard InChI is InChI=1S/C29H34N2O3/c1-20(2)22-13-15-24(16-14-22)30-29(32)31(19-21-12-17-27(33-3)28(18-21)34-4)26-11-7-9-23-8-5-6-10-25(23)26/h5-6,8,10,12-18,20,26H,7,9,11,19H2,1-4H3,(H,30,32). The van der Waals surface area contributed by atoms with Gasteiger partial charge < -0.3 is 19.7 Å². The van der Waals surface area contributed by atoms with Crippen molar-refractivity contribution < 1.29 is 14.3 Å². The molecular formula is C29H34N2O3. The Morgan fingerprint density at radius 2 is 1.74 bits per heavy atom. The Balaban J connectivity index is 1.65. The molecule has 178 valence electrons. The Kier molecular flexibility index (Phi) is 7.41. The first-order valence-electron chi connectivity index (χ1n) is 12.0. The van der Waals surface area contributed by atoms with Crippen molar-refractivity contribution in [3.63, 3.8) is 0 Å². The third-order valence-corrected chi connectivity index (χ3v) is 6.60. The highest BCUT2D eigenvalue weighted by Gasteiger charge is 2.29. The summed E-state index contributed by atoms with van der Waals surface area (Å²) in [6.45, 7) is 4.80. The number of nitrogens with zero attached hydrogens (tertiary/aromatic N) is 1. The smallest absolute Gasteiger partial charge is 0.322 e. The van der Waals surface area contributed by atoms with E-state index >= 15 is 0 Å². The first kappa shape index (κ1) is 23.7. The first-order valence-corrected chi connectivity index (χ1v) is 12.0. The monoisotopic (exact) mass is 458 g/mol. The Hall–Kier alpha value is -3.47. The molecule has 0 aromatic heterocycles. The van der Waals surface area contributed by atoms with Crippen LogP contribution in [0.2, 0.25) is 0 Å². The molecule has 1 atom stereocenters. The molecule has 0 radical (unpaired) electrons. The van der Waals surface area contributed by atoms with Crippen LogP contribution in [-0.4, -0.2) is 25.2 Å². The summed E-state index contributed by atoms with van der Waals surface area (Å²) in [4.78, 5) is 15.6. The Morgan fingerprint density at radius 1 is 1.00 bits per heavy atom. The molecule has 34 heavy (non-hydrogen) atoms. The lowest BCUT2D eigenvalue weighted by atomic mass is 9.86. The molecule has 0 aliphatic heterocycles. The largest absolute Gasteiger partial charge is 0.493 e. The van der Waals surface area contributed by atoms with Gasteiger partial charge in [0.15, 0.2) is 11.5 Å². The number of aryl methyl sites for hydroxylation is 1. The van der Waals surface area contributed by atoms with Gasteiger partial charge in [-0.05, 0) is 71.7 Å². The molecule has 2 amide bonds. The number of methoxy groups -OCH3 is 2. The van der Waals surface area contributed by atoms with E-state index in [1.165, 1.54) is 16.7 Å². The minimum Gasteiger partial charge on any atom is -0.493 e. The molecule has 5 nitrogen and oxygen atoms in total. The van der Waals surface area contributed by atoms with E-state index in [1.807, 2.05) is 35.2 Å². The molecule has 1 aliphatic carbocycles. The van der Waals surface area contributed by atoms with Crippen molar-refractivity contribution in [2.75, 3.05) is 19.5 Å². The quantitative estimate of drug-likeness (QED) is 0.417. The minimum absolute atomic E-state index is 0.00739. The fourth-order valence-corrected chi connectivity index (χ4v) is 4.70. The van der Waals surface area contributed by atoms with Gasteiger partial charge in [-0.25, -0.2) is 4.79 Å². The van der Waals surface area contributed by atoms with Crippen LogP contribution < -0.4 is 14.8 Å². The maximum atomic E-state index is 13.7. The zero-order chi connectivity index (χ0) is 24.1. The predicted octanol–water partition coefficient (Wildman–Crippen LogP) is 6.94. The van der Waals surface area contributed by atoms with E-state index in [0.717, 1.165) is 30.5 Å². The minimum atomic E-state index is -0.103. The number of urea groups is 1. The van der Waals surface area contributed by atoms with Gasteiger partial charge in [0, 0.05) is 12.2 Å². The summed E-state index contributed by atoms with van der Waals surface area (Å²) in [5.74, 6) is 1.79. The number of rotatable bonds is 7. The van der Waals surface area contributed by atoms with Crippen LogP contribution in [0.1, 0.15) is 60.9 Å². The Labute approximate surface area is 202 Å². The van der Waals surface area contributed by atoms with Crippen molar-refractivity contribution in [1.82, 2.24) is 4.90 Å². The van der Waals surface area contributed by atoms with Gasteiger partial charge in [0.1, 0.15) is 0 Å². The molecule has 0 bridgehead atoms. The predicted molar refractivity (Wildman–Crippen MR) is 137 cm³/mol. The maximum absolute atomic E-state index is 13.7. The molecule has 0 fully saturated rings. The second-order valence-electron chi connectivity index (χ2n) is 9.13. The van der Waals surface area contributed by atoms with E-state index in [1.54, 1.807) is 14.2 Å². The van der Waals surface area contributed by atoms with E-state index in [2.05, 4.69) is 55.6 Å². The highest BCUT2D eigenvalue weighted by atomic mass is 16.5. The molecular weight excluding hydrogens is 424 g/mol. The van der Waals surface area contributed by atoms with Crippen LogP contribution in [0.3, 0.4) is 0 Å². The third-order valence-electron chi connectivity index (χ3n) is 6.60. The van der Waals surface area contributed by atoms with Crippen LogP contribution >= 0.6 is 0 Å². The lowest BCUT2D eigenvalue weighted by Crippen LogP contribution is -2.39. The van der Waals surface area contributed by atoms with Gasteiger partial charge in [-0.2, -0.15) is 0 Å². The van der Waals surface area contributed by atoms with Crippen LogP contribution in [0.5, 0.6) is 11.5 Å². The fraction of sp³-hybridized carbons (Fsp3) is 0.345. The van der Waals surface area contributed by atoms with E-state index < -0.39 is 0 Å². The molecule has 3 aromatic carbocycles.